The molecule has 0 radical (unpaired) electrons. The average molecular weight is 174 g/mol. The fourth-order valence-electron chi connectivity index (χ4n) is 0.629. The second-order valence-corrected chi connectivity index (χ2v) is 2.38. The highest BCUT2D eigenvalue weighted by Gasteiger charge is 2.10. The molecule has 12 heavy (non-hydrogen) atoms. The highest BCUT2D eigenvalue weighted by Crippen LogP contribution is 1.96. The van der Waals surface area contributed by atoms with Gasteiger partial charge in [0.05, 0.1) is 6.61 Å². The van der Waals surface area contributed by atoms with Crippen LogP contribution in [0.5, 0.6) is 0 Å². The molecule has 0 saturated heterocycles. The molecule has 0 rings (SSSR count). The van der Waals surface area contributed by atoms with Crippen molar-refractivity contribution in [3.63, 3.8) is 0 Å². The molecule has 2 unspecified atom stereocenters. The van der Waals surface area contributed by atoms with Gasteiger partial charge in [-0.05, 0) is 13.0 Å². The van der Waals surface area contributed by atoms with Crippen molar-refractivity contribution in [2.24, 2.45) is 0 Å². The molecule has 0 heterocycles. The smallest absolute Gasteiger partial charge is 0.183 e. The van der Waals surface area contributed by atoms with E-state index in [-0.39, 0.29) is 13.0 Å². The molecule has 70 valence electrons. The third-order valence-electron chi connectivity index (χ3n) is 1.28. The van der Waals surface area contributed by atoms with Crippen LogP contribution in [0.2, 0.25) is 0 Å². The zero-order valence-electron chi connectivity index (χ0n) is 7.06. The maximum absolute atomic E-state index is 10.7. The number of aliphatic hydroxyl groups is 2. The zero-order valence-corrected chi connectivity index (χ0v) is 7.06. The van der Waals surface area contributed by atoms with E-state index >= 15 is 0 Å². The van der Waals surface area contributed by atoms with E-state index in [4.69, 9.17) is 14.9 Å². The Bertz CT molecular complexity index is 153. The van der Waals surface area contributed by atoms with Gasteiger partial charge in [-0.3, -0.25) is 4.79 Å². The first kappa shape index (κ1) is 11.3. The number of rotatable bonds is 6. The van der Waals surface area contributed by atoms with E-state index in [0.717, 1.165) is 6.08 Å². The Hall–Kier alpha value is -0.710. The molecule has 4 nitrogen and oxygen atoms in total. The Morgan fingerprint density at radius 3 is 2.67 bits per heavy atom. The third kappa shape index (κ3) is 5.01. The molecular weight excluding hydrogens is 160 g/mol. The summed E-state index contributed by atoms with van der Waals surface area (Å²) < 4.78 is 4.72. The predicted molar refractivity (Wildman–Crippen MR) is 43.5 cm³/mol. The van der Waals surface area contributed by atoms with E-state index in [0.29, 0.717) is 0 Å². The molecule has 0 spiro atoms. The first-order valence-electron chi connectivity index (χ1n) is 3.72. The summed E-state index contributed by atoms with van der Waals surface area (Å²) in [5, 5.41) is 17.7. The first-order valence-corrected chi connectivity index (χ1v) is 3.72. The van der Waals surface area contributed by atoms with Crippen LogP contribution in [0, 0.1) is 0 Å². The highest BCUT2D eigenvalue weighted by atomic mass is 16.6. The molecule has 0 amide bonds. The lowest BCUT2D eigenvalue weighted by atomic mass is 10.2. The number of carbonyl (C=O) groups excluding carboxylic acids is 1. The number of carbonyl (C=O) groups is 1. The Kier molecular flexibility index (Phi) is 5.53. The topological polar surface area (TPSA) is 66.8 Å². The van der Waals surface area contributed by atoms with Gasteiger partial charge in [-0.2, -0.15) is 0 Å². The van der Waals surface area contributed by atoms with Crippen molar-refractivity contribution < 1.29 is 19.7 Å². The lowest BCUT2D eigenvalue weighted by Gasteiger charge is -2.08. The summed E-state index contributed by atoms with van der Waals surface area (Å²) in [5.74, 6) is -0.427. The van der Waals surface area contributed by atoms with Gasteiger partial charge in [0.25, 0.3) is 0 Å². The number of ketones is 1. The van der Waals surface area contributed by atoms with Crippen molar-refractivity contribution in [2.45, 2.75) is 25.7 Å². The number of ether oxygens (including phenoxy) is 1. The van der Waals surface area contributed by atoms with Gasteiger partial charge < -0.3 is 14.9 Å². The van der Waals surface area contributed by atoms with Crippen LogP contribution in [-0.4, -0.2) is 35.0 Å². The molecule has 0 aliphatic carbocycles. The Morgan fingerprint density at radius 1 is 1.67 bits per heavy atom. The van der Waals surface area contributed by atoms with Crippen LogP contribution in [0.3, 0.4) is 0 Å². The van der Waals surface area contributed by atoms with Gasteiger partial charge in [-0.25, -0.2) is 0 Å². The molecular formula is C8H14O4. The minimum absolute atomic E-state index is 0.151. The van der Waals surface area contributed by atoms with Crippen LogP contribution < -0.4 is 0 Å². The molecule has 0 aromatic rings. The largest absolute Gasteiger partial charge is 0.385 e. The van der Waals surface area contributed by atoms with E-state index in [1.807, 2.05) is 0 Å². The lowest BCUT2D eigenvalue weighted by molar-refractivity contribution is -0.126. The van der Waals surface area contributed by atoms with Crippen molar-refractivity contribution in [2.75, 3.05) is 6.61 Å². The van der Waals surface area contributed by atoms with Gasteiger partial charge in [-0.1, -0.05) is 6.58 Å². The van der Waals surface area contributed by atoms with Gasteiger partial charge >= 0.3 is 0 Å². The summed E-state index contributed by atoms with van der Waals surface area (Å²) in [7, 11) is 0. The Labute approximate surface area is 71.5 Å². The minimum atomic E-state index is -1.07. The summed E-state index contributed by atoms with van der Waals surface area (Å²) in [4.78, 5) is 10.7. The van der Waals surface area contributed by atoms with Crippen molar-refractivity contribution in [3.8, 4) is 0 Å². The second kappa shape index (κ2) is 5.88. The van der Waals surface area contributed by atoms with Crippen molar-refractivity contribution in [3.05, 3.63) is 12.7 Å². The molecule has 4 heteroatoms. The minimum Gasteiger partial charge on any atom is -0.385 e. The highest BCUT2D eigenvalue weighted by molar-refractivity contribution is 5.92. The Morgan fingerprint density at radius 2 is 2.25 bits per heavy atom. The normalized spacial score (nSPS) is 15.2. The van der Waals surface area contributed by atoms with Crippen LogP contribution in [-0.2, 0) is 9.53 Å². The van der Waals surface area contributed by atoms with E-state index < -0.39 is 18.2 Å². The first-order chi connectivity index (χ1) is 5.57. The van der Waals surface area contributed by atoms with Gasteiger partial charge in [0.2, 0.25) is 0 Å². The SMILES string of the molecule is C=CC(=O)C(O)CCOC(C)O. The average Bonchev–Trinajstić information content (AvgIpc) is 2.02. The Balaban J connectivity index is 3.50. The lowest BCUT2D eigenvalue weighted by Crippen LogP contribution is -2.21. The maximum Gasteiger partial charge on any atom is 0.183 e. The predicted octanol–water partition coefficient (Wildman–Crippen LogP) is -0.153. The quantitative estimate of drug-likeness (QED) is 0.434. The van der Waals surface area contributed by atoms with Crippen LogP contribution in [0.25, 0.3) is 0 Å². The van der Waals surface area contributed by atoms with Gasteiger partial charge in [-0.15, -0.1) is 0 Å². The van der Waals surface area contributed by atoms with Gasteiger partial charge in [0.15, 0.2) is 12.1 Å². The van der Waals surface area contributed by atoms with Crippen LogP contribution >= 0.6 is 0 Å². The summed E-state index contributed by atoms with van der Waals surface area (Å²) in [5.41, 5.74) is 0. The fraction of sp³-hybridized carbons (Fsp3) is 0.625. The van der Waals surface area contributed by atoms with E-state index in [1.54, 1.807) is 0 Å². The summed E-state index contributed by atoms with van der Waals surface area (Å²) >= 11 is 0. The molecule has 0 aromatic carbocycles. The van der Waals surface area contributed by atoms with Crippen molar-refractivity contribution in [1.29, 1.82) is 0 Å². The number of aliphatic hydroxyl groups excluding tert-OH is 2. The summed E-state index contributed by atoms with van der Waals surface area (Å²) in [6, 6.07) is 0. The van der Waals surface area contributed by atoms with Crippen LogP contribution in [0.1, 0.15) is 13.3 Å². The van der Waals surface area contributed by atoms with Crippen molar-refractivity contribution in [1.82, 2.24) is 0 Å². The number of hydrogen-bond donors (Lipinski definition) is 2. The molecule has 0 bridgehead atoms. The van der Waals surface area contributed by atoms with Gasteiger partial charge in [0.1, 0.15) is 6.10 Å². The molecule has 0 fully saturated rings. The molecule has 0 saturated carbocycles. The van der Waals surface area contributed by atoms with Crippen LogP contribution in [0.15, 0.2) is 12.7 Å². The van der Waals surface area contributed by atoms with Crippen molar-refractivity contribution >= 4 is 5.78 Å². The van der Waals surface area contributed by atoms with E-state index in [9.17, 15) is 4.79 Å². The third-order valence-corrected chi connectivity index (χ3v) is 1.28. The monoisotopic (exact) mass is 174 g/mol. The summed E-state index contributed by atoms with van der Waals surface area (Å²) in [6.07, 6.45) is -0.694. The standard InChI is InChI=1S/C8H14O4/c1-3-7(10)8(11)4-5-12-6(2)9/h3,6,8-9,11H,1,4-5H2,2H3. The van der Waals surface area contributed by atoms with E-state index in [1.165, 1.54) is 6.92 Å². The second-order valence-electron chi connectivity index (χ2n) is 2.38. The molecule has 0 aliphatic rings. The fourth-order valence-corrected chi connectivity index (χ4v) is 0.629. The van der Waals surface area contributed by atoms with E-state index in [2.05, 4.69) is 6.58 Å². The van der Waals surface area contributed by atoms with Crippen LogP contribution in [0.4, 0.5) is 0 Å². The number of hydrogen-bond acceptors (Lipinski definition) is 4. The van der Waals surface area contributed by atoms with Gasteiger partial charge in [0, 0.05) is 6.42 Å². The molecule has 0 aromatic heterocycles. The maximum atomic E-state index is 10.7. The molecule has 2 atom stereocenters. The summed E-state index contributed by atoms with van der Waals surface area (Å²) in [6.45, 7) is 4.84. The molecule has 0 aliphatic heterocycles. The molecule has 2 N–H and O–H groups in total. The zero-order chi connectivity index (χ0) is 9.56.